The van der Waals surface area contributed by atoms with Crippen molar-refractivity contribution in [2.24, 2.45) is 0 Å². The Bertz CT molecular complexity index is 979. The Labute approximate surface area is 210 Å². The van der Waals surface area contributed by atoms with Gasteiger partial charge in [0.05, 0.1) is 0 Å². The summed E-state index contributed by atoms with van der Waals surface area (Å²) in [5.74, 6) is -0.144. The van der Waals surface area contributed by atoms with Crippen molar-refractivity contribution in [1.29, 1.82) is 0 Å². The predicted octanol–water partition coefficient (Wildman–Crippen LogP) is 4.63. The van der Waals surface area contributed by atoms with Crippen LogP contribution in [0.1, 0.15) is 58.9 Å². The van der Waals surface area contributed by atoms with Gasteiger partial charge < -0.3 is 20.1 Å². The summed E-state index contributed by atoms with van der Waals surface area (Å²) in [5.41, 5.74) is 0.394. The standard InChI is InChI=1S/C24H35N5O5S/c1-15(30)26-20-25-14-18(35-20)13-10-16-8-11-17(12-9-16)27-19(28-21(31)33-23(2,3)4)29-22(32)34-24(5,6)7/h8-9,11-12,14,19,27H,10,13H2,1-7H3,(H,28,31)(H,29,32)(H,25,26,30). The summed E-state index contributed by atoms with van der Waals surface area (Å²) < 4.78 is 10.6. The Morgan fingerprint density at radius 1 is 0.914 bits per heavy atom. The van der Waals surface area contributed by atoms with Crippen LogP contribution in [-0.2, 0) is 27.1 Å². The number of benzene rings is 1. The molecule has 0 radical (unpaired) electrons. The van der Waals surface area contributed by atoms with Crippen LogP contribution in [0.15, 0.2) is 30.5 Å². The van der Waals surface area contributed by atoms with Crippen molar-refractivity contribution in [2.45, 2.75) is 78.8 Å². The van der Waals surface area contributed by atoms with Crippen molar-refractivity contribution < 1.29 is 23.9 Å². The van der Waals surface area contributed by atoms with E-state index in [9.17, 15) is 14.4 Å². The maximum absolute atomic E-state index is 12.3. The minimum atomic E-state index is -0.963. The number of carbonyl (C=O) groups excluding carboxylic acids is 3. The number of hydrogen-bond acceptors (Lipinski definition) is 8. The average Bonchev–Trinajstić information content (AvgIpc) is 3.10. The Morgan fingerprint density at radius 2 is 1.46 bits per heavy atom. The number of aromatic nitrogens is 1. The lowest BCUT2D eigenvalue weighted by Gasteiger charge is -2.27. The van der Waals surface area contributed by atoms with Gasteiger partial charge >= 0.3 is 12.2 Å². The zero-order valence-electron chi connectivity index (χ0n) is 21.3. The molecule has 0 unspecified atom stereocenters. The van der Waals surface area contributed by atoms with Gasteiger partial charge in [-0.1, -0.05) is 12.1 Å². The fraction of sp³-hybridized carbons (Fsp3) is 0.500. The quantitative estimate of drug-likeness (QED) is 0.385. The highest BCUT2D eigenvalue weighted by atomic mass is 32.1. The fourth-order valence-corrected chi connectivity index (χ4v) is 3.65. The Balaban J connectivity index is 1.99. The number of anilines is 2. The van der Waals surface area contributed by atoms with Crippen molar-refractivity contribution in [3.63, 3.8) is 0 Å². The topological polar surface area (TPSA) is 131 Å². The normalized spacial score (nSPS) is 11.5. The molecule has 0 spiro atoms. The van der Waals surface area contributed by atoms with Crippen molar-refractivity contribution in [1.82, 2.24) is 15.6 Å². The average molecular weight is 506 g/mol. The number of carbonyl (C=O) groups is 3. The molecule has 2 aromatic rings. The second-order valence-electron chi connectivity index (χ2n) is 9.88. The molecule has 0 fully saturated rings. The van der Waals surface area contributed by atoms with E-state index < -0.39 is 29.7 Å². The number of thiazole rings is 1. The number of nitrogens with one attached hydrogen (secondary N) is 4. The Kier molecular flexibility index (Phi) is 9.47. The van der Waals surface area contributed by atoms with Gasteiger partial charge in [0.15, 0.2) is 11.4 Å². The number of nitrogens with zero attached hydrogens (tertiary/aromatic N) is 1. The highest BCUT2D eigenvalue weighted by Crippen LogP contribution is 2.20. The number of aryl methyl sites for hydroxylation is 2. The molecular formula is C24H35N5O5S. The van der Waals surface area contributed by atoms with Crippen molar-refractivity contribution in [2.75, 3.05) is 10.6 Å². The second kappa shape index (κ2) is 11.9. The lowest BCUT2D eigenvalue weighted by molar-refractivity contribution is -0.114. The van der Waals surface area contributed by atoms with E-state index in [1.54, 1.807) is 47.7 Å². The molecule has 2 rings (SSSR count). The monoisotopic (exact) mass is 505 g/mol. The van der Waals surface area contributed by atoms with Crippen LogP contribution in [0.3, 0.4) is 0 Å². The molecule has 1 aromatic heterocycles. The van der Waals surface area contributed by atoms with Crippen molar-refractivity contribution in [3.05, 3.63) is 40.9 Å². The van der Waals surface area contributed by atoms with Crippen molar-refractivity contribution >= 4 is 40.2 Å². The third kappa shape index (κ3) is 11.6. The number of hydrogen-bond donors (Lipinski definition) is 4. The SMILES string of the molecule is CC(=O)Nc1ncc(CCc2ccc(NC(NC(=O)OC(C)(C)C)NC(=O)OC(C)(C)C)cc2)s1. The summed E-state index contributed by atoms with van der Waals surface area (Å²) >= 11 is 1.45. The van der Waals surface area contributed by atoms with Crippen LogP contribution in [-0.4, -0.2) is 40.6 Å². The lowest BCUT2D eigenvalue weighted by Crippen LogP contribution is -2.54. The maximum Gasteiger partial charge on any atom is 0.410 e. The molecular weight excluding hydrogens is 470 g/mol. The third-order valence-corrected chi connectivity index (χ3v) is 5.06. The molecule has 0 aliphatic rings. The van der Waals surface area contributed by atoms with Gasteiger partial charge in [0.25, 0.3) is 0 Å². The Hall–Kier alpha value is -3.34. The molecule has 10 nitrogen and oxygen atoms in total. The minimum Gasteiger partial charge on any atom is -0.444 e. The Morgan fingerprint density at radius 3 is 1.94 bits per heavy atom. The molecule has 0 bridgehead atoms. The zero-order valence-corrected chi connectivity index (χ0v) is 22.1. The van der Waals surface area contributed by atoms with Gasteiger partial charge in [-0.05, 0) is 72.1 Å². The van der Waals surface area contributed by atoms with Gasteiger partial charge in [0.1, 0.15) is 11.2 Å². The first-order valence-electron chi connectivity index (χ1n) is 11.3. The summed E-state index contributed by atoms with van der Waals surface area (Å²) in [7, 11) is 0. The van der Waals surface area contributed by atoms with Crippen LogP contribution in [0, 0.1) is 0 Å². The molecule has 3 amide bonds. The number of ether oxygens (including phenoxy) is 2. The van der Waals surface area contributed by atoms with E-state index >= 15 is 0 Å². The predicted molar refractivity (Wildman–Crippen MR) is 136 cm³/mol. The van der Waals surface area contributed by atoms with Crippen LogP contribution < -0.4 is 21.3 Å². The summed E-state index contributed by atoms with van der Waals surface area (Å²) in [6.45, 7) is 12.0. The number of amides is 3. The second-order valence-corrected chi connectivity index (χ2v) is 11.0. The molecule has 0 saturated heterocycles. The van der Waals surface area contributed by atoms with E-state index in [1.165, 1.54) is 18.3 Å². The van der Waals surface area contributed by atoms with E-state index in [1.807, 2.05) is 24.3 Å². The van der Waals surface area contributed by atoms with Gasteiger partial charge in [-0.3, -0.25) is 15.4 Å². The van der Waals surface area contributed by atoms with E-state index in [4.69, 9.17) is 9.47 Å². The zero-order chi connectivity index (χ0) is 26.2. The van der Waals surface area contributed by atoms with Crippen LogP contribution in [0.4, 0.5) is 20.4 Å². The first-order chi connectivity index (χ1) is 16.2. The highest BCUT2D eigenvalue weighted by Gasteiger charge is 2.23. The molecule has 1 aromatic carbocycles. The summed E-state index contributed by atoms with van der Waals surface area (Å²) in [6.07, 6.45) is 0.998. The van der Waals surface area contributed by atoms with E-state index in [-0.39, 0.29) is 5.91 Å². The largest absolute Gasteiger partial charge is 0.444 e. The summed E-state index contributed by atoms with van der Waals surface area (Å²) in [5, 5.41) is 11.5. The van der Waals surface area contributed by atoms with Gasteiger partial charge in [-0.25, -0.2) is 14.6 Å². The summed E-state index contributed by atoms with van der Waals surface area (Å²) in [4.78, 5) is 40.9. The van der Waals surface area contributed by atoms with E-state index in [0.717, 1.165) is 23.3 Å². The molecule has 0 aliphatic heterocycles. The van der Waals surface area contributed by atoms with Gasteiger partial charge in [0, 0.05) is 23.7 Å². The van der Waals surface area contributed by atoms with Crippen LogP contribution >= 0.6 is 11.3 Å². The van der Waals surface area contributed by atoms with Gasteiger partial charge in [0.2, 0.25) is 5.91 Å². The molecule has 1 heterocycles. The third-order valence-electron chi connectivity index (χ3n) is 4.08. The van der Waals surface area contributed by atoms with Crippen molar-refractivity contribution in [3.8, 4) is 0 Å². The van der Waals surface area contributed by atoms with Gasteiger partial charge in [-0.2, -0.15) is 0 Å². The lowest BCUT2D eigenvalue weighted by atomic mass is 10.1. The smallest absolute Gasteiger partial charge is 0.410 e. The molecule has 192 valence electrons. The molecule has 0 saturated carbocycles. The molecule has 0 atom stereocenters. The van der Waals surface area contributed by atoms with E-state index in [2.05, 4.69) is 26.3 Å². The van der Waals surface area contributed by atoms with Crippen LogP contribution in [0.5, 0.6) is 0 Å². The van der Waals surface area contributed by atoms with E-state index in [0.29, 0.717) is 10.8 Å². The van der Waals surface area contributed by atoms with Crippen LogP contribution in [0.2, 0.25) is 0 Å². The molecule has 11 heteroatoms. The molecule has 35 heavy (non-hydrogen) atoms. The first kappa shape index (κ1) is 27.9. The number of alkyl carbamates (subject to hydrolysis) is 2. The minimum absolute atomic E-state index is 0.144. The maximum atomic E-state index is 12.3. The molecule has 4 N–H and O–H groups in total. The summed E-state index contributed by atoms with van der Waals surface area (Å²) in [6, 6.07) is 7.61. The molecule has 0 aliphatic carbocycles. The first-order valence-corrected chi connectivity index (χ1v) is 12.1. The fourth-order valence-electron chi connectivity index (χ4n) is 2.79. The number of rotatable bonds is 8. The highest BCUT2D eigenvalue weighted by molar-refractivity contribution is 7.15. The van der Waals surface area contributed by atoms with Crippen LogP contribution in [0.25, 0.3) is 0 Å². The van der Waals surface area contributed by atoms with Gasteiger partial charge in [-0.15, -0.1) is 11.3 Å².